The van der Waals surface area contributed by atoms with Crippen molar-refractivity contribution >= 4 is 73.2 Å². The summed E-state index contributed by atoms with van der Waals surface area (Å²) in [5.74, 6) is -0.0595. The van der Waals surface area contributed by atoms with Gasteiger partial charge in [0.25, 0.3) is 5.91 Å². The smallest absolute Gasteiger partial charge is 0.268 e. The molecule has 1 aromatic heterocycles. The molecule has 0 N–H and O–H groups in total. The van der Waals surface area contributed by atoms with Crippen LogP contribution in [0.3, 0.4) is 0 Å². The average Bonchev–Trinajstić information content (AvgIpc) is 3.02. The Kier molecular flexibility index (Phi) is 4.07. The fourth-order valence-electron chi connectivity index (χ4n) is 1.78. The highest BCUT2D eigenvalue weighted by atomic mass is 79.9. The Morgan fingerprint density at radius 1 is 1.20 bits per heavy atom. The van der Waals surface area contributed by atoms with Gasteiger partial charge < -0.3 is 0 Å². The van der Waals surface area contributed by atoms with Crippen LogP contribution in [0, 0.1) is 0 Å². The molecule has 1 aliphatic heterocycles. The number of anilines is 1. The van der Waals surface area contributed by atoms with Gasteiger partial charge in [-0.05, 0) is 41.8 Å². The summed E-state index contributed by atoms with van der Waals surface area (Å²) in [6, 6.07) is 11.5. The molecule has 2 nitrogen and oxygen atoms in total. The van der Waals surface area contributed by atoms with Gasteiger partial charge in [-0.25, -0.2) is 0 Å². The van der Waals surface area contributed by atoms with Crippen molar-refractivity contribution in [1.82, 2.24) is 0 Å². The van der Waals surface area contributed by atoms with Gasteiger partial charge in [0.05, 0.1) is 10.6 Å². The number of halogens is 1. The number of amides is 1. The van der Waals surface area contributed by atoms with Crippen LogP contribution in [0.4, 0.5) is 5.69 Å². The van der Waals surface area contributed by atoms with Gasteiger partial charge >= 0.3 is 0 Å². The van der Waals surface area contributed by atoms with E-state index in [9.17, 15) is 4.79 Å². The molecule has 1 aliphatic rings. The minimum Gasteiger partial charge on any atom is -0.268 e. The van der Waals surface area contributed by atoms with Crippen LogP contribution in [-0.4, -0.2) is 10.2 Å². The number of rotatable bonds is 2. The zero-order valence-corrected chi connectivity index (χ0v) is 14.1. The third kappa shape index (κ3) is 2.74. The molecule has 1 amide bonds. The van der Waals surface area contributed by atoms with E-state index in [-0.39, 0.29) is 5.91 Å². The summed E-state index contributed by atoms with van der Waals surface area (Å²) in [5.41, 5.74) is 0.797. The fraction of sp³-hybridized carbons (Fsp3) is 0. The number of hydrogen-bond donors (Lipinski definition) is 0. The maximum Gasteiger partial charge on any atom is 0.270 e. The van der Waals surface area contributed by atoms with Crippen LogP contribution in [0.1, 0.15) is 4.88 Å². The topological polar surface area (TPSA) is 20.3 Å². The standard InChI is InChI=1S/C14H8BrNOS3/c15-9-3-5-10(6-4-9)16-13(17)12(20-14(16)18)8-11-2-1-7-19-11/h1-8H. The van der Waals surface area contributed by atoms with Crippen molar-refractivity contribution in [1.29, 1.82) is 0 Å². The molecule has 20 heavy (non-hydrogen) atoms. The fourth-order valence-corrected chi connectivity index (χ4v) is 4.07. The lowest BCUT2D eigenvalue weighted by atomic mass is 10.3. The second-order valence-electron chi connectivity index (χ2n) is 4.01. The van der Waals surface area contributed by atoms with Gasteiger partial charge in [0, 0.05) is 9.35 Å². The first-order valence-corrected chi connectivity index (χ1v) is 8.62. The van der Waals surface area contributed by atoms with Gasteiger partial charge in [-0.3, -0.25) is 9.69 Å². The number of nitrogens with zero attached hydrogens (tertiary/aromatic N) is 1. The second kappa shape index (κ2) is 5.81. The van der Waals surface area contributed by atoms with Crippen molar-refractivity contribution in [2.75, 3.05) is 4.90 Å². The van der Waals surface area contributed by atoms with E-state index in [1.165, 1.54) is 11.8 Å². The Bertz CT molecular complexity index is 692. The Morgan fingerprint density at radius 2 is 1.95 bits per heavy atom. The first-order chi connectivity index (χ1) is 9.65. The van der Waals surface area contributed by atoms with Crippen LogP contribution >= 0.6 is 51.2 Å². The van der Waals surface area contributed by atoms with Crippen LogP contribution in [-0.2, 0) is 4.79 Å². The predicted octanol–water partition coefficient (Wildman–Crippen LogP) is 4.92. The van der Waals surface area contributed by atoms with Crippen LogP contribution in [0.5, 0.6) is 0 Å². The number of thiophene rings is 1. The number of hydrogen-bond acceptors (Lipinski definition) is 4. The number of thioether (sulfide) groups is 1. The highest BCUT2D eigenvalue weighted by Gasteiger charge is 2.33. The van der Waals surface area contributed by atoms with E-state index < -0.39 is 0 Å². The van der Waals surface area contributed by atoms with Gasteiger partial charge in [0.2, 0.25) is 0 Å². The van der Waals surface area contributed by atoms with Crippen LogP contribution < -0.4 is 4.90 Å². The monoisotopic (exact) mass is 381 g/mol. The van der Waals surface area contributed by atoms with E-state index in [0.717, 1.165) is 15.0 Å². The minimum absolute atomic E-state index is 0.0595. The third-order valence-electron chi connectivity index (χ3n) is 2.70. The summed E-state index contributed by atoms with van der Waals surface area (Å²) in [4.78, 5) is 15.8. The highest BCUT2D eigenvalue weighted by Crippen LogP contribution is 2.36. The van der Waals surface area contributed by atoms with E-state index in [1.807, 2.05) is 47.9 Å². The molecule has 2 aromatic rings. The Labute approximate surface area is 138 Å². The van der Waals surface area contributed by atoms with Gasteiger partial charge in [-0.15, -0.1) is 11.3 Å². The molecule has 0 atom stereocenters. The molecule has 0 bridgehead atoms. The van der Waals surface area contributed by atoms with Crippen molar-refractivity contribution in [3.05, 3.63) is 56.0 Å². The van der Waals surface area contributed by atoms with Crippen molar-refractivity contribution in [2.24, 2.45) is 0 Å². The Hall–Kier alpha value is -0.950. The lowest BCUT2D eigenvalue weighted by molar-refractivity contribution is -0.113. The molecule has 1 fully saturated rings. The maximum absolute atomic E-state index is 12.5. The first kappa shape index (κ1) is 14.0. The zero-order chi connectivity index (χ0) is 14.1. The normalized spacial score (nSPS) is 17.2. The molecule has 0 unspecified atom stereocenters. The lowest BCUT2D eigenvalue weighted by Gasteiger charge is -2.14. The molecule has 6 heteroatoms. The Morgan fingerprint density at radius 3 is 2.60 bits per heavy atom. The highest BCUT2D eigenvalue weighted by molar-refractivity contribution is 9.10. The molecule has 1 aromatic carbocycles. The van der Waals surface area contributed by atoms with E-state index in [1.54, 1.807) is 16.2 Å². The van der Waals surface area contributed by atoms with E-state index >= 15 is 0 Å². The molecule has 3 rings (SSSR count). The molecule has 2 heterocycles. The van der Waals surface area contributed by atoms with E-state index in [2.05, 4.69) is 15.9 Å². The molecule has 0 aliphatic carbocycles. The van der Waals surface area contributed by atoms with Crippen molar-refractivity contribution < 1.29 is 4.79 Å². The quantitative estimate of drug-likeness (QED) is 0.543. The number of thiocarbonyl (C=S) groups is 1. The lowest BCUT2D eigenvalue weighted by Crippen LogP contribution is -2.27. The molecule has 0 spiro atoms. The summed E-state index contributed by atoms with van der Waals surface area (Å²) in [6.45, 7) is 0. The third-order valence-corrected chi connectivity index (χ3v) is 5.35. The maximum atomic E-state index is 12.5. The van der Waals surface area contributed by atoms with E-state index in [0.29, 0.717) is 9.23 Å². The molecule has 0 saturated carbocycles. The molecule has 0 radical (unpaired) electrons. The van der Waals surface area contributed by atoms with Crippen LogP contribution in [0.15, 0.2) is 51.2 Å². The van der Waals surface area contributed by atoms with Crippen molar-refractivity contribution in [3.63, 3.8) is 0 Å². The minimum atomic E-state index is -0.0595. The average molecular weight is 382 g/mol. The second-order valence-corrected chi connectivity index (χ2v) is 7.58. The summed E-state index contributed by atoms with van der Waals surface area (Å²) in [6.07, 6.45) is 1.89. The SMILES string of the molecule is O=C1C(=Cc2cccs2)SC(=S)N1c1ccc(Br)cc1. The van der Waals surface area contributed by atoms with Gasteiger partial charge in [-0.2, -0.15) is 0 Å². The first-order valence-electron chi connectivity index (χ1n) is 5.72. The van der Waals surface area contributed by atoms with Crippen molar-refractivity contribution in [3.8, 4) is 0 Å². The molecule has 1 saturated heterocycles. The summed E-state index contributed by atoms with van der Waals surface area (Å²) in [7, 11) is 0. The number of carbonyl (C=O) groups excluding carboxylic acids is 1. The molecular formula is C14H8BrNOS3. The molecular weight excluding hydrogens is 374 g/mol. The predicted molar refractivity (Wildman–Crippen MR) is 94.1 cm³/mol. The van der Waals surface area contributed by atoms with Gasteiger partial charge in [-0.1, -0.05) is 46.0 Å². The summed E-state index contributed by atoms with van der Waals surface area (Å²) < 4.78 is 1.54. The largest absolute Gasteiger partial charge is 0.270 e. The number of carbonyl (C=O) groups is 1. The van der Waals surface area contributed by atoms with Gasteiger partial charge in [0.15, 0.2) is 4.32 Å². The van der Waals surface area contributed by atoms with Crippen molar-refractivity contribution in [2.45, 2.75) is 0 Å². The zero-order valence-electron chi connectivity index (χ0n) is 10.1. The number of benzene rings is 1. The van der Waals surface area contributed by atoms with Crippen LogP contribution in [0.25, 0.3) is 6.08 Å². The molecule has 100 valence electrons. The van der Waals surface area contributed by atoms with Crippen LogP contribution in [0.2, 0.25) is 0 Å². The summed E-state index contributed by atoms with van der Waals surface area (Å²) >= 11 is 11.7. The Balaban J connectivity index is 1.93. The van der Waals surface area contributed by atoms with Gasteiger partial charge in [0.1, 0.15) is 0 Å². The van der Waals surface area contributed by atoms with E-state index in [4.69, 9.17) is 12.2 Å². The summed E-state index contributed by atoms with van der Waals surface area (Å²) in [5, 5.41) is 1.99.